The predicted molar refractivity (Wildman–Crippen MR) is 137 cm³/mol. The van der Waals surface area contributed by atoms with E-state index in [4.69, 9.17) is 4.98 Å². The number of piperidine rings is 2. The smallest absolute Gasteiger partial charge is 0.234 e. The van der Waals surface area contributed by atoms with Crippen molar-refractivity contribution in [3.8, 4) is 0 Å². The van der Waals surface area contributed by atoms with Crippen LogP contribution >= 0.6 is 11.3 Å². The van der Waals surface area contributed by atoms with Crippen molar-refractivity contribution < 1.29 is 4.79 Å². The number of thiazole rings is 1. The Kier molecular flexibility index (Phi) is 6.60. The Balaban J connectivity index is 1.20. The second-order valence-electron chi connectivity index (χ2n) is 9.73. The van der Waals surface area contributed by atoms with E-state index in [9.17, 15) is 4.79 Å². The molecule has 10 heteroatoms. The molecule has 0 saturated carbocycles. The van der Waals surface area contributed by atoms with Gasteiger partial charge in [-0.25, -0.2) is 9.97 Å². The van der Waals surface area contributed by atoms with E-state index in [2.05, 4.69) is 42.2 Å². The lowest BCUT2D eigenvalue weighted by Gasteiger charge is -2.44. The molecule has 0 spiro atoms. The number of aromatic nitrogens is 3. The van der Waals surface area contributed by atoms with Crippen LogP contribution in [-0.2, 0) is 4.79 Å². The number of carbonyl (C=O) groups is 1. The largest absolute Gasteiger partial charge is 0.355 e. The van der Waals surface area contributed by atoms with Crippen molar-refractivity contribution in [1.29, 1.82) is 0 Å². The zero-order chi connectivity index (χ0) is 23.6. The van der Waals surface area contributed by atoms with E-state index in [0.717, 1.165) is 72.9 Å². The summed E-state index contributed by atoms with van der Waals surface area (Å²) in [5, 5.41) is 15.3. The van der Waals surface area contributed by atoms with Crippen LogP contribution in [0.2, 0.25) is 0 Å². The van der Waals surface area contributed by atoms with Gasteiger partial charge in [0.2, 0.25) is 5.91 Å². The van der Waals surface area contributed by atoms with E-state index >= 15 is 0 Å². The standard InChI is InChI=1S/C25H32N8OS/c34-24-21(25-30-18-5-1-2-6-19(18)35-25)23(29-17-4-3-9-26-14-17)31-22(32-24)16-7-12-33(13-8-16)20-15-27-10-11-28-20/h1-2,5-6,10-11,15-17,21-23,26,29,31H,3-4,7-9,12-14H2,(H,32,34)/t17-,21?,22?,23?/m1/s1. The fraction of sp³-hybridized carbons (Fsp3) is 0.520. The van der Waals surface area contributed by atoms with Crippen molar-refractivity contribution in [1.82, 2.24) is 36.2 Å². The number of hydrogen-bond donors (Lipinski definition) is 4. The molecule has 1 amide bonds. The molecule has 4 atom stereocenters. The molecule has 3 aromatic rings. The predicted octanol–water partition coefficient (Wildman–Crippen LogP) is 1.80. The van der Waals surface area contributed by atoms with Gasteiger partial charge < -0.3 is 15.5 Å². The number of amides is 1. The highest BCUT2D eigenvalue weighted by Gasteiger charge is 2.42. The van der Waals surface area contributed by atoms with Crippen LogP contribution in [0.25, 0.3) is 10.2 Å². The SMILES string of the molecule is O=C1NC(C2CCN(c3cnccn3)CC2)NC(N[C@@H]2CCCNC2)C1c1nc2ccccc2s1. The molecule has 3 unspecified atom stereocenters. The lowest BCUT2D eigenvalue weighted by molar-refractivity contribution is -0.127. The molecule has 3 aliphatic heterocycles. The number of benzene rings is 1. The molecule has 6 rings (SSSR count). The highest BCUT2D eigenvalue weighted by molar-refractivity contribution is 7.18. The quantitative estimate of drug-likeness (QED) is 0.427. The summed E-state index contributed by atoms with van der Waals surface area (Å²) in [4.78, 5) is 29.4. The van der Waals surface area contributed by atoms with Gasteiger partial charge in [-0.2, -0.15) is 0 Å². The maximum atomic E-state index is 13.6. The van der Waals surface area contributed by atoms with E-state index in [-0.39, 0.29) is 24.2 Å². The first-order chi connectivity index (χ1) is 17.2. The Morgan fingerprint density at radius 2 is 2.00 bits per heavy atom. The molecule has 0 radical (unpaired) electrons. The summed E-state index contributed by atoms with van der Waals surface area (Å²) in [5.74, 6) is 0.986. The minimum atomic E-state index is -0.356. The highest BCUT2D eigenvalue weighted by atomic mass is 32.1. The first kappa shape index (κ1) is 22.8. The Bertz CT molecular complexity index is 1110. The van der Waals surface area contributed by atoms with Crippen molar-refractivity contribution in [3.05, 3.63) is 47.9 Å². The van der Waals surface area contributed by atoms with Crippen LogP contribution in [0, 0.1) is 5.92 Å². The van der Waals surface area contributed by atoms with Gasteiger partial charge in [0.15, 0.2) is 0 Å². The molecule has 184 valence electrons. The van der Waals surface area contributed by atoms with Crippen LogP contribution in [0.4, 0.5) is 5.82 Å². The van der Waals surface area contributed by atoms with Crippen LogP contribution in [0.3, 0.4) is 0 Å². The van der Waals surface area contributed by atoms with Gasteiger partial charge in [-0.1, -0.05) is 12.1 Å². The van der Waals surface area contributed by atoms with Crippen molar-refractivity contribution in [2.45, 2.75) is 50.0 Å². The van der Waals surface area contributed by atoms with E-state index in [1.807, 2.05) is 24.4 Å². The molecule has 35 heavy (non-hydrogen) atoms. The van der Waals surface area contributed by atoms with Crippen molar-refractivity contribution in [2.24, 2.45) is 5.92 Å². The van der Waals surface area contributed by atoms with Gasteiger partial charge >= 0.3 is 0 Å². The number of para-hydroxylation sites is 1. The average Bonchev–Trinajstić information content (AvgIpc) is 3.33. The summed E-state index contributed by atoms with van der Waals surface area (Å²) in [6.07, 6.45) is 9.27. The first-order valence-electron chi connectivity index (χ1n) is 12.6. The number of rotatable bonds is 5. The van der Waals surface area contributed by atoms with E-state index < -0.39 is 0 Å². The number of fused-ring (bicyclic) bond motifs is 1. The molecule has 0 bridgehead atoms. The fourth-order valence-corrected chi connectivity index (χ4v) is 6.67. The number of anilines is 1. The molecular formula is C25H32N8OS. The van der Waals surface area contributed by atoms with Gasteiger partial charge in [0.1, 0.15) is 16.7 Å². The van der Waals surface area contributed by atoms with Crippen molar-refractivity contribution >= 4 is 33.3 Å². The minimum absolute atomic E-state index is 0.0606. The van der Waals surface area contributed by atoms with Crippen molar-refractivity contribution in [2.75, 3.05) is 31.1 Å². The number of nitrogens with zero attached hydrogens (tertiary/aromatic N) is 4. The molecule has 5 heterocycles. The van der Waals surface area contributed by atoms with E-state index in [0.29, 0.717) is 12.0 Å². The monoisotopic (exact) mass is 492 g/mol. The molecule has 3 aliphatic rings. The van der Waals surface area contributed by atoms with Crippen LogP contribution in [0.5, 0.6) is 0 Å². The molecule has 2 aromatic heterocycles. The lowest BCUT2D eigenvalue weighted by Crippen LogP contribution is -2.69. The van der Waals surface area contributed by atoms with Crippen molar-refractivity contribution in [3.63, 3.8) is 0 Å². The van der Waals surface area contributed by atoms with E-state index in [1.54, 1.807) is 23.7 Å². The van der Waals surface area contributed by atoms with Gasteiger partial charge in [0, 0.05) is 38.1 Å². The lowest BCUT2D eigenvalue weighted by atomic mass is 9.90. The summed E-state index contributed by atoms with van der Waals surface area (Å²) in [5.41, 5.74) is 0.955. The van der Waals surface area contributed by atoms with Crippen LogP contribution in [-0.4, -0.2) is 65.4 Å². The molecule has 3 fully saturated rings. The van der Waals surface area contributed by atoms with Crippen LogP contribution < -0.4 is 26.2 Å². The topological polar surface area (TPSA) is 107 Å². The Hall–Kier alpha value is -2.66. The third-order valence-electron chi connectivity index (χ3n) is 7.45. The summed E-state index contributed by atoms with van der Waals surface area (Å²) >= 11 is 1.62. The van der Waals surface area contributed by atoms with Gasteiger partial charge in [-0.05, 0) is 50.3 Å². The number of nitrogens with one attached hydrogen (secondary N) is 4. The zero-order valence-electron chi connectivity index (χ0n) is 19.7. The van der Waals surface area contributed by atoms with Crippen LogP contribution in [0.1, 0.15) is 36.6 Å². The first-order valence-corrected chi connectivity index (χ1v) is 13.5. The Morgan fingerprint density at radius 3 is 2.77 bits per heavy atom. The normalized spacial score (nSPS) is 28.2. The molecule has 3 saturated heterocycles. The summed E-state index contributed by atoms with van der Waals surface area (Å²) in [6.45, 7) is 3.80. The van der Waals surface area contributed by atoms with Gasteiger partial charge in [0.05, 0.1) is 28.7 Å². The molecule has 4 N–H and O–H groups in total. The van der Waals surface area contributed by atoms with Gasteiger partial charge in [-0.3, -0.25) is 20.4 Å². The number of hydrogen-bond acceptors (Lipinski definition) is 9. The summed E-state index contributed by atoms with van der Waals surface area (Å²) in [7, 11) is 0. The van der Waals surface area contributed by atoms with E-state index in [1.165, 1.54) is 0 Å². The third kappa shape index (κ3) is 4.88. The van der Waals surface area contributed by atoms with Crippen LogP contribution in [0.15, 0.2) is 42.9 Å². The van der Waals surface area contributed by atoms with Gasteiger partial charge in [0.25, 0.3) is 0 Å². The molecule has 9 nitrogen and oxygen atoms in total. The molecule has 1 aromatic carbocycles. The third-order valence-corrected chi connectivity index (χ3v) is 8.57. The molecular weight excluding hydrogens is 460 g/mol. The highest BCUT2D eigenvalue weighted by Crippen LogP contribution is 2.33. The average molecular weight is 493 g/mol. The zero-order valence-corrected chi connectivity index (χ0v) is 20.5. The minimum Gasteiger partial charge on any atom is -0.355 e. The molecule has 0 aliphatic carbocycles. The Labute approximate surface area is 209 Å². The maximum Gasteiger partial charge on any atom is 0.234 e. The number of carbonyl (C=O) groups excluding carboxylic acids is 1. The van der Waals surface area contributed by atoms with Gasteiger partial charge in [-0.15, -0.1) is 11.3 Å². The second kappa shape index (κ2) is 10.1. The Morgan fingerprint density at radius 1 is 1.11 bits per heavy atom. The summed E-state index contributed by atoms with van der Waals surface area (Å²) < 4.78 is 1.12. The second-order valence-corrected chi connectivity index (χ2v) is 10.8. The summed E-state index contributed by atoms with van der Waals surface area (Å²) in [6, 6.07) is 8.45. The maximum absolute atomic E-state index is 13.6. The fourth-order valence-electron chi connectivity index (χ4n) is 5.57.